The normalized spacial score (nSPS) is 23.9. The largest absolute Gasteiger partial charge is 0.346 e. The molecule has 0 bridgehead atoms. The molecule has 0 aliphatic carbocycles. The first-order valence-electron chi connectivity index (χ1n) is 7.16. The van der Waals surface area contributed by atoms with Gasteiger partial charge in [0, 0.05) is 30.2 Å². The van der Waals surface area contributed by atoms with Crippen LogP contribution in [0, 0.1) is 0 Å². The van der Waals surface area contributed by atoms with Gasteiger partial charge in [0.25, 0.3) is 0 Å². The van der Waals surface area contributed by atoms with Crippen molar-refractivity contribution in [2.75, 3.05) is 13.1 Å². The number of hydrogen-bond acceptors (Lipinski definition) is 1. The van der Waals surface area contributed by atoms with Gasteiger partial charge in [-0.25, -0.2) is 0 Å². The molecule has 0 N–H and O–H groups in total. The quantitative estimate of drug-likeness (QED) is 0.686. The van der Waals surface area contributed by atoms with Crippen LogP contribution in [-0.4, -0.2) is 22.6 Å². The second-order valence-electron chi connectivity index (χ2n) is 5.74. The molecule has 2 aromatic rings. The molecule has 0 spiro atoms. The predicted octanol–water partition coefficient (Wildman–Crippen LogP) is 3.26. The molecule has 2 aliphatic heterocycles. The Labute approximate surface area is 108 Å². The van der Waals surface area contributed by atoms with Crippen molar-refractivity contribution in [2.45, 2.75) is 31.7 Å². The average Bonchev–Trinajstić information content (AvgIpc) is 2.73. The highest BCUT2D eigenvalue weighted by molar-refractivity contribution is 5.86. The number of aromatic nitrogens is 1. The standard InChI is InChI=1S/C16H20N2/c1-17-14-7-3-2-6-12(14)13-9-11-18-10-5-4-8-15(18)16(13)17/h2-3,6-7,15H,4-5,8-11H2,1H3/t15-/m0/s1. The molecule has 0 unspecified atom stereocenters. The number of piperidine rings is 1. The summed E-state index contributed by atoms with van der Waals surface area (Å²) < 4.78 is 2.45. The lowest BCUT2D eigenvalue weighted by Gasteiger charge is -2.40. The Morgan fingerprint density at radius 3 is 2.94 bits per heavy atom. The van der Waals surface area contributed by atoms with Gasteiger partial charge < -0.3 is 4.57 Å². The van der Waals surface area contributed by atoms with Crippen LogP contribution in [0.1, 0.15) is 36.6 Å². The number of fused-ring (bicyclic) bond motifs is 5. The highest BCUT2D eigenvalue weighted by Crippen LogP contribution is 2.40. The maximum absolute atomic E-state index is 2.70. The molecular weight excluding hydrogens is 220 g/mol. The Bertz CT molecular complexity index is 596. The highest BCUT2D eigenvalue weighted by Gasteiger charge is 2.33. The van der Waals surface area contributed by atoms with Crippen LogP contribution in [0.2, 0.25) is 0 Å². The van der Waals surface area contributed by atoms with Crippen molar-refractivity contribution in [2.24, 2.45) is 7.05 Å². The summed E-state index contributed by atoms with van der Waals surface area (Å²) in [5.41, 5.74) is 4.63. The summed E-state index contributed by atoms with van der Waals surface area (Å²) in [6.45, 7) is 2.55. The van der Waals surface area contributed by atoms with Crippen LogP contribution in [0.3, 0.4) is 0 Å². The van der Waals surface area contributed by atoms with Crippen LogP contribution in [0.5, 0.6) is 0 Å². The van der Waals surface area contributed by atoms with E-state index in [1.165, 1.54) is 49.7 Å². The lowest BCUT2D eigenvalue weighted by Crippen LogP contribution is -2.39. The summed E-state index contributed by atoms with van der Waals surface area (Å²) in [5.74, 6) is 0. The van der Waals surface area contributed by atoms with Crippen molar-refractivity contribution in [3.63, 3.8) is 0 Å². The second kappa shape index (κ2) is 3.86. The number of aryl methyl sites for hydroxylation is 1. The molecule has 18 heavy (non-hydrogen) atoms. The molecule has 2 aliphatic rings. The molecule has 0 amide bonds. The lowest BCUT2D eigenvalue weighted by atomic mass is 9.91. The Balaban J connectivity index is 1.96. The summed E-state index contributed by atoms with van der Waals surface area (Å²) in [5, 5.41) is 1.49. The van der Waals surface area contributed by atoms with E-state index in [1.807, 2.05) is 0 Å². The van der Waals surface area contributed by atoms with Crippen LogP contribution >= 0.6 is 0 Å². The fraction of sp³-hybridized carbons (Fsp3) is 0.500. The van der Waals surface area contributed by atoms with Gasteiger partial charge in [-0.15, -0.1) is 0 Å². The van der Waals surface area contributed by atoms with Crippen molar-refractivity contribution in [3.8, 4) is 0 Å². The third-order valence-corrected chi connectivity index (χ3v) is 4.84. The molecule has 94 valence electrons. The number of benzene rings is 1. The topological polar surface area (TPSA) is 8.17 Å². The molecule has 2 heteroatoms. The molecule has 1 aromatic heterocycles. The fourth-order valence-corrected chi connectivity index (χ4v) is 4.00. The van der Waals surface area contributed by atoms with Gasteiger partial charge in [-0.2, -0.15) is 0 Å². The lowest BCUT2D eigenvalue weighted by molar-refractivity contribution is 0.133. The maximum Gasteiger partial charge on any atom is 0.0503 e. The molecule has 1 aromatic carbocycles. The van der Waals surface area contributed by atoms with E-state index in [2.05, 4.69) is 40.8 Å². The van der Waals surface area contributed by atoms with Crippen LogP contribution in [0.4, 0.5) is 0 Å². The van der Waals surface area contributed by atoms with Gasteiger partial charge in [0.15, 0.2) is 0 Å². The van der Waals surface area contributed by atoms with Crippen molar-refractivity contribution < 1.29 is 0 Å². The number of rotatable bonds is 0. The van der Waals surface area contributed by atoms with Gasteiger partial charge in [-0.05, 0) is 37.4 Å². The van der Waals surface area contributed by atoms with Gasteiger partial charge in [0.05, 0.1) is 6.04 Å². The summed E-state index contributed by atoms with van der Waals surface area (Å²) in [6.07, 6.45) is 5.35. The minimum Gasteiger partial charge on any atom is -0.346 e. The fourth-order valence-electron chi connectivity index (χ4n) is 4.00. The molecule has 0 radical (unpaired) electrons. The Kier molecular flexibility index (Phi) is 2.28. The molecule has 1 saturated heterocycles. The first-order chi connectivity index (χ1) is 8.86. The first-order valence-corrected chi connectivity index (χ1v) is 7.16. The van der Waals surface area contributed by atoms with E-state index in [-0.39, 0.29) is 0 Å². The van der Waals surface area contributed by atoms with Gasteiger partial charge in [0.2, 0.25) is 0 Å². The predicted molar refractivity (Wildman–Crippen MR) is 74.8 cm³/mol. The van der Waals surface area contributed by atoms with Crippen molar-refractivity contribution in [1.82, 2.24) is 9.47 Å². The van der Waals surface area contributed by atoms with E-state index in [0.717, 1.165) is 0 Å². The number of nitrogens with zero attached hydrogens (tertiary/aromatic N) is 2. The monoisotopic (exact) mass is 240 g/mol. The molecule has 0 saturated carbocycles. The molecule has 4 rings (SSSR count). The van der Waals surface area contributed by atoms with Gasteiger partial charge >= 0.3 is 0 Å². The summed E-state index contributed by atoms with van der Waals surface area (Å²) in [7, 11) is 2.25. The number of hydrogen-bond donors (Lipinski definition) is 0. The van der Waals surface area contributed by atoms with Crippen molar-refractivity contribution in [3.05, 3.63) is 35.5 Å². The van der Waals surface area contributed by atoms with Crippen LogP contribution in [0.25, 0.3) is 10.9 Å². The van der Waals surface area contributed by atoms with E-state index in [1.54, 1.807) is 11.3 Å². The van der Waals surface area contributed by atoms with Crippen LogP contribution < -0.4 is 0 Å². The summed E-state index contributed by atoms with van der Waals surface area (Å²) in [6, 6.07) is 9.58. The third-order valence-electron chi connectivity index (χ3n) is 4.84. The zero-order chi connectivity index (χ0) is 12.1. The van der Waals surface area contributed by atoms with Crippen LogP contribution in [0.15, 0.2) is 24.3 Å². The molecule has 3 heterocycles. The SMILES string of the molecule is Cn1c2c(c3ccccc31)CCN1CCCC[C@@H]21. The molecule has 1 atom stereocenters. The van der Waals surface area contributed by atoms with Gasteiger partial charge in [-0.1, -0.05) is 24.6 Å². The number of para-hydroxylation sites is 1. The van der Waals surface area contributed by atoms with E-state index in [0.29, 0.717) is 6.04 Å². The zero-order valence-corrected chi connectivity index (χ0v) is 11.0. The minimum atomic E-state index is 0.680. The zero-order valence-electron chi connectivity index (χ0n) is 11.0. The third kappa shape index (κ3) is 1.33. The van der Waals surface area contributed by atoms with E-state index < -0.39 is 0 Å². The van der Waals surface area contributed by atoms with Gasteiger partial charge in [-0.3, -0.25) is 4.90 Å². The molecular formula is C16H20N2. The van der Waals surface area contributed by atoms with Crippen molar-refractivity contribution >= 4 is 10.9 Å². The second-order valence-corrected chi connectivity index (χ2v) is 5.74. The maximum atomic E-state index is 2.70. The molecule has 2 nitrogen and oxygen atoms in total. The van der Waals surface area contributed by atoms with Gasteiger partial charge in [0.1, 0.15) is 0 Å². The summed E-state index contributed by atoms with van der Waals surface area (Å²) >= 11 is 0. The van der Waals surface area contributed by atoms with E-state index >= 15 is 0 Å². The Morgan fingerprint density at radius 2 is 2.00 bits per heavy atom. The smallest absolute Gasteiger partial charge is 0.0503 e. The minimum absolute atomic E-state index is 0.680. The van der Waals surface area contributed by atoms with Crippen molar-refractivity contribution in [1.29, 1.82) is 0 Å². The average molecular weight is 240 g/mol. The highest BCUT2D eigenvalue weighted by atomic mass is 15.2. The van der Waals surface area contributed by atoms with E-state index in [9.17, 15) is 0 Å². The van der Waals surface area contributed by atoms with Crippen LogP contribution in [-0.2, 0) is 13.5 Å². The Morgan fingerprint density at radius 1 is 1.11 bits per heavy atom. The molecule has 1 fully saturated rings. The first kappa shape index (κ1) is 10.6. The Hall–Kier alpha value is -1.28. The van der Waals surface area contributed by atoms with E-state index in [4.69, 9.17) is 0 Å². The summed E-state index contributed by atoms with van der Waals surface area (Å²) in [4.78, 5) is 2.70.